The Morgan fingerprint density at radius 1 is 1.27 bits per heavy atom. The molecule has 3 N–H and O–H groups in total. The summed E-state index contributed by atoms with van der Waals surface area (Å²) >= 11 is 0. The van der Waals surface area contributed by atoms with Crippen molar-refractivity contribution < 1.29 is 4.79 Å². The van der Waals surface area contributed by atoms with Crippen LogP contribution < -0.4 is 11.1 Å². The van der Waals surface area contributed by atoms with E-state index in [-0.39, 0.29) is 24.7 Å². The van der Waals surface area contributed by atoms with Crippen molar-refractivity contribution in [3.05, 3.63) is 53.3 Å². The number of aromatic nitrogens is 1. The number of para-hydroxylation sites is 1. The predicted molar refractivity (Wildman–Crippen MR) is 93.5 cm³/mol. The summed E-state index contributed by atoms with van der Waals surface area (Å²) in [6, 6.07) is 9.60. The number of benzene rings is 1. The Hall–Kier alpha value is -2.07. The Morgan fingerprint density at radius 2 is 2.00 bits per heavy atom. The summed E-state index contributed by atoms with van der Waals surface area (Å²) in [6.07, 6.45) is 1.81. The lowest BCUT2D eigenvalue weighted by Crippen LogP contribution is -2.17. The Bertz CT molecular complexity index is 639. The van der Waals surface area contributed by atoms with Crippen molar-refractivity contribution in [2.75, 3.05) is 11.1 Å². The minimum Gasteiger partial charge on any atom is -0.397 e. The summed E-state index contributed by atoms with van der Waals surface area (Å²) in [7, 11) is 0. The van der Waals surface area contributed by atoms with Crippen LogP contribution in [-0.2, 0) is 11.2 Å². The normalized spacial score (nSPS) is 10.2. The van der Waals surface area contributed by atoms with Crippen LogP contribution in [0.3, 0.4) is 0 Å². The summed E-state index contributed by atoms with van der Waals surface area (Å²) in [5.74, 6) is 0.290. The summed E-state index contributed by atoms with van der Waals surface area (Å²) in [5.41, 5.74) is 10.0. The Kier molecular flexibility index (Phi) is 6.38. The number of hydrogen-bond donors (Lipinski definition) is 2. The third-order valence-electron chi connectivity index (χ3n) is 3.38. The molecule has 2 rings (SSSR count). The van der Waals surface area contributed by atoms with Gasteiger partial charge in [-0.15, -0.1) is 12.4 Å². The molecule has 0 unspecified atom stereocenters. The van der Waals surface area contributed by atoms with E-state index in [9.17, 15) is 4.79 Å². The van der Waals surface area contributed by atoms with Crippen molar-refractivity contribution in [3.63, 3.8) is 0 Å². The van der Waals surface area contributed by atoms with E-state index in [1.54, 1.807) is 18.3 Å². The first kappa shape index (κ1) is 18.0. The second-order valence-electron chi connectivity index (χ2n) is 5.50. The minimum atomic E-state index is -0.0662. The van der Waals surface area contributed by atoms with E-state index in [0.29, 0.717) is 17.3 Å². The fraction of sp³-hybridized carbons (Fsp3) is 0.294. The number of amides is 1. The molecule has 0 spiro atoms. The van der Waals surface area contributed by atoms with Gasteiger partial charge in [0, 0.05) is 11.4 Å². The number of carbonyl (C=O) groups is 1. The van der Waals surface area contributed by atoms with Gasteiger partial charge in [0.15, 0.2) is 0 Å². The van der Waals surface area contributed by atoms with Gasteiger partial charge >= 0.3 is 0 Å². The highest BCUT2D eigenvalue weighted by molar-refractivity contribution is 5.93. The zero-order valence-corrected chi connectivity index (χ0v) is 13.9. The van der Waals surface area contributed by atoms with E-state index in [2.05, 4.69) is 30.2 Å². The first-order valence-corrected chi connectivity index (χ1v) is 7.07. The molecule has 4 nitrogen and oxygen atoms in total. The molecule has 1 heterocycles. The number of carbonyl (C=O) groups excluding carboxylic acids is 1. The molecule has 0 saturated heterocycles. The van der Waals surface area contributed by atoms with Gasteiger partial charge in [-0.05, 0) is 36.1 Å². The third-order valence-corrected chi connectivity index (χ3v) is 3.38. The average Bonchev–Trinajstić information content (AvgIpc) is 2.43. The lowest BCUT2D eigenvalue weighted by molar-refractivity contribution is -0.115. The Morgan fingerprint density at radius 3 is 2.59 bits per heavy atom. The van der Waals surface area contributed by atoms with Gasteiger partial charge in [0.1, 0.15) is 0 Å². The van der Waals surface area contributed by atoms with E-state index in [1.165, 1.54) is 0 Å². The fourth-order valence-corrected chi connectivity index (χ4v) is 2.23. The zero-order chi connectivity index (χ0) is 15.4. The molecule has 22 heavy (non-hydrogen) atoms. The molecular formula is C17H22ClN3O. The SMILES string of the molecule is Cc1cccc(C(C)C)c1NC(=O)Cc1ccc(N)cn1.Cl. The van der Waals surface area contributed by atoms with Gasteiger partial charge in [-0.25, -0.2) is 0 Å². The number of nitrogens with one attached hydrogen (secondary N) is 1. The van der Waals surface area contributed by atoms with Crippen LogP contribution in [0.4, 0.5) is 11.4 Å². The molecule has 0 aliphatic carbocycles. The molecule has 2 aromatic rings. The fourth-order valence-electron chi connectivity index (χ4n) is 2.23. The zero-order valence-electron chi connectivity index (χ0n) is 13.1. The summed E-state index contributed by atoms with van der Waals surface area (Å²) in [6.45, 7) is 6.24. The number of halogens is 1. The predicted octanol–water partition coefficient (Wildman–Crippen LogP) is 3.70. The van der Waals surface area contributed by atoms with Gasteiger partial charge in [-0.1, -0.05) is 32.0 Å². The van der Waals surface area contributed by atoms with Crippen LogP contribution in [0, 0.1) is 6.92 Å². The minimum absolute atomic E-state index is 0. The number of nitrogen functional groups attached to an aromatic ring is 1. The number of pyridine rings is 1. The molecule has 0 atom stereocenters. The van der Waals surface area contributed by atoms with Crippen LogP contribution in [0.25, 0.3) is 0 Å². The first-order chi connectivity index (χ1) is 9.97. The van der Waals surface area contributed by atoms with E-state index in [4.69, 9.17) is 5.73 Å². The van der Waals surface area contributed by atoms with Crippen LogP contribution in [0.2, 0.25) is 0 Å². The number of aryl methyl sites for hydroxylation is 1. The monoisotopic (exact) mass is 319 g/mol. The first-order valence-electron chi connectivity index (χ1n) is 7.07. The molecule has 0 saturated carbocycles. The van der Waals surface area contributed by atoms with Crippen LogP contribution in [0.5, 0.6) is 0 Å². The lowest BCUT2D eigenvalue weighted by Gasteiger charge is -2.16. The molecule has 1 aromatic carbocycles. The van der Waals surface area contributed by atoms with Gasteiger partial charge in [-0.3, -0.25) is 9.78 Å². The second kappa shape index (κ2) is 7.80. The highest BCUT2D eigenvalue weighted by Crippen LogP contribution is 2.27. The summed E-state index contributed by atoms with van der Waals surface area (Å²) in [4.78, 5) is 16.4. The second-order valence-corrected chi connectivity index (χ2v) is 5.50. The van der Waals surface area contributed by atoms with E-state index >= 15 is 0 Å². The van der Waals surface area contributed by atoms with Crippen LogP contribution in [0.1, 0.15) is 36.6 Å². The van der Waals surface area contributed by atoms with Crippen molar-refractivity contribution in [3.8, 4) is 0 Å². The number of anilines is 2. The number of nitrogens with zero attached hydrogens (tertiary/aromatic N) is 1. The standard InChI is InChI=1S/C17H21N3O.ClH/c1-11(2)15-6-4-5-12(3)17(15)20-16(21)9-14-8-7-13(18)10-19-14;/h4-8,10-11H,9,18H2,1-3H3,(H,20,21);1H. The number of hydrogen-bond acceptors (Lipinski definition) is 3. The molecule has 1 amide bonds. The van der Waals surface area contributed by atoms with Crippen molar-refractivity contribution in [1.82, 2.24) is 4.98 Å². The van der Waals surface area contributed by atoms with E-state index in [0.717, 1.165) is 16.8 Å². The molecule has 0 aliphatic rings. The van der Waals surface area contributed by atoms with Gasteiger partial charge in [-0.2, -0.15) is 0 Å². The number of rotatable bonds is 4. The van der Waals surface area contributed by atoms with Crippen LogP contribution in [-0.4, -0.2) is 10.9 Å². The number of nitrogens with two attached hydrogens (primary N) is 1. The lowest BCUT2D eigenvalue weighted by atomic mass is 9.98. The highest BCUT2D eigenvalue weighted by Gasteiger charge is 2.12. The largest absolute Gasteiger partial charge is 0.397 e. The molecule has 0 aliphatic heterocycles. The van der Waals surface area contributed by atoms with Gasteiger partial charge < -0.3 is 11.1 Å². The Balaban J connectivity index is 0.00000242. The maximum absolute atomic E-state index is 12.2. The van der Waals surface area contributed by atoms with Gasteiger partial charge in [0.25, 0.3) is 0 Å². The topological polar surface area (TPSA) is 68.0 Å². The van der Waals surface area contributed by atoms with Gasteiger partial charge in [0.2, 0.25) is 5.91 Å². The molecule has 0 bridgehead atoms. The average molecular weight is 320 g/mol. The van der Waals surface area contributed by atoms with Crippen molar-refractivity contribution in [2.24, 2.45) is 0 Å². The van der Waals surface area contributed by atoms with Crippen molar-refractivity contribution in [2.45, 2.75) is 33.1 Å². The molecule has 5 heteroatoms. The van der Waals surface area contributed by atoms with E-state index < -0.39 is 0 Å². The van der Waals surface area contributed by atoms with Crippen LogP contribution in [0.15, 0.2) is 36.5 Å². The maximum Gasteiger partial charge on any atom is 0.230 e. The summed E-state index contributed by atoms with van der Waals surface area (Å²) < 4.78 is 0. The summed E-state index contributed by atoms with van der Waals surface area (Å²) in [5, 5.41) is 3.01. The smallest absolute Gasteiger partial charge is 0.230 e. The van der Waals surface area contributed by atoms with Crippen molar-refractivity contribution >= 4 is 29.7 Å². The van der Waals surface area contributed by atoms with Gasteiger partial charge in [0.05, 0.1) is 18.3 Å². The molecule has 0 radical (unpaired) electrons. The third kappa shape index (κ3) is 4.46. The Labute approximate surface area is 137 Å². The molecule has 0 fully saturated rings. The molecule has 118 valence electrons. The van der Waals surface area contributed by atoms with Crippen molar-refractivity contribution in [1.29, 1.82) is 0 Å². The quantitative estimate of drug-likeness (QED) is 0.903. The molecule has 1 aromatic heterocycles. The van der Waals surface area contributed by atoms with Crippen LogP contribution >= 0.6 is 12.4 Å². The highest BCUT2D eigenvalue weighted by atomic mass is 35.5. The molecular weight excluding hydrogens is 298 g/mol. The van der Waals surface area contributed by atoms with E-state index in [1.807, 2.05) is 19.1 Å². The maximum atomic E-state index is 12.2.